The number of hydrogen-bond donors (Lipinski definition) is 1. The van der Waals surface area contributed by atoms with Gasteiger partial charge in [-0.25, -0.2) is 0 Å². The molecule has 0 bridgehead atoms. The Morgan fingerprint density at radius 3 is 2.36 bits per heavy atom. The molecule has 1 fully saturated rings. The van der Waals surface area contributed by atoms with Crippen LogP contribution in [0.2, 0.25) is 0 Å². The molecular weight excluding hydrogens is 395 g/mol. The number of hydrogen-bond acceptors (Lipinski definition) is 4. The lowest BCUT2D eigenvalue weighted by atomic mass is 9.99. The van der Waals surface area contributed by atoms with E-state index in [1.807, 2.05) is 18.2 Å². The number of rotatable bonds is 8. The molecule has 28 heavy (non-hydrogen) atoms. The molecule has 0 spiro atoms. The van der Waals surface area contributed by atoms with E-state index in [1.54, 1.807) is 7.11 Å². The summed E-state index contributed by atoms with van der Waals surface area (Å²) in [6.45, 7) is 7.13. The third-order valence-electron chi connectivity index (χ3n) is 4.96. The molecule has 0 aromatic heterocycles. The highest BCUT2D eigenvalue weighted by molar-refractivity contribution is 5.85. The van der Waals surface area contributed by atoms with Gasteiger partial charge in [-0.15, -0.1) is 24.8 Å². The number of methoxy groups -OCH3 is 1. The highest BCUT2D eigenvalue weighted by Crippen LogP contribution is 2.34. The van der Waals surface area contributed by atoms with Crippen LogP contribution >= 0.6 is 24.8 Å². The predicted octanol–water partition coefficient (Wildman–Crippen LogP) is 4.86. The van der Waals surface area contributed by atoms with E-state index in [4.69, 9.17) is 9.47 Å². The zero-order chi connectivity index (χ0) is 18.2. The molecule has 4 nitrogen and oxygen atoms in total. The van der Waals surface area contributed by atoms with E-state index in [1.165, 1.54) is 12.0 Å². The zero-order valence-electron chi connectivity index (χ0n) is 16.7. The van der Waals surface area contributed by atoms with Gasteiger partial charge in [-0.05, 0) is 29.7 Å². The second-order valence-corrected chi connectivity index (χ2v) is 6.78. The van der Waals surface area contributed by atoms with Crippen LogP contribution in [0.3, 0.4) is 0 Å². The van der Waals surface area contributed by atoms with E-state index in [-0.39, 0.29) is 24.8 Å². The molecule has 0 radical (unpaired) electrons. The Labute approximate surface area is 181 Å². The topological polar surface area (TPSA) is 33.7 Å². The van der Waals surface area contributed by atoms with Gasteiger partial charge in [0.1, 0.15) is 6.61 Å². The minimum Gasteiger partial charge on any atom is -0.493 e. The molecular formula is C22H32Cl2N2O2. The first kappa shape index (κ1) is 24.6. The van der Waals surface area contributed by atoms with Crippen LogP contribution < -0.4 is 14.8 Å². The minimum atomic E-state index is 0. The molecule has 1 saturated heterocycles. The summed E-state index contributed by atoms with van der Waals surface area (Å²) in [7, 11) is 1.72. The van der Waals surface area contributed by atoms with E-state index in [0.29, 0.717) is 12.6 Å². The van der Waals surface area contributed by atoms with Crippen molar-refractivity contribution in [3.8, 4) is 11.5 Å². The molecule has 3 rings (SSSR count). The van der Waals surface area contributed by atoms with Crippen LogP contribution in [0.15, 0.2) is 48.5 Å². The average Bonchev–Trinajstić information content (AvgIpc) is 2.72. The molecule has 1 N–H and O–H groups in total. The summed E-state index contributed by atoms with van der Waals surface area (Å²) in [5.74, 6) is 1.62. The lowest BCUT2D eigenvalue weighted by molar-refractivity contribution is 0.164. The molecule has 0 aliphatic carbocycles. The largest absolute Gasteiger partial charge is 0.493 e. The van der Waals surface area contributed by atoms with Gasteiger partial charge in [-0.1, -0.05) is 49.7 Å². The monoisotopic (exact) mass is 426 g/mol. The number of piperazine rings is 1. The van der Waals surface area contributed by atoms with Gasteiger partial charge in [0.2, 0.25) is 0 Å². The van der Waals surface area contributed by atoms with E-state index in [0.717, 1.165) is 49.7 Å². The fourth-order valence-corrected chi connectivity index (χ4v) is 3.57. The molecule has 1 aliphatic rings. The van der Waals surface area contributed by atoms with Crippen molar-refractivity contribution in [1.29, 1.82) is 0 Å². The second kappa shape index (κ2) is 12.9. The maximum Gasteiger partial charge on any atom is 0.161 e. The number of nitrogens with one attached hydrogen (secondary N) is 1. The SMILES string of the molecule is CCC[C@H](c1ccc(OCc2ccccc2)c(OC)c1)N1CCNCC1.Cl.Cl. The Hall–Kier alpha value is -1.46. The van der Waals surface area contributed by atoms with Crippen molar-refractivity contribution >= 4 is 24.8 Å². The van der Waals surface area contributed by atoms with Crippen molar-refractivity contribution in [3.63, 3.8) is 0 Å². The van der Waals surface area contributed by atoms with Crippen molar-refractivity contribution in [1.82, 2.24) is 10.2 Å². The third-order valence-corrected chi connectivity index (χ3v) is 4.96. The molecule has 0 amide bonds. The van der Waals surface area contributed by atoms with Crippen molar-refractivity contribution in [2.45, 2.75) is 32.4 Å². The van der Waals surface area contributed by atoms with Gasteiger partial charge < -0.3 is 14.8 Å². The number of benzene rings is 2. The lowest BCUT2D eigenvalue weighted by Crippen LogP contribution is -2.45. The number of ether oxygens (including phenoxy) is 2. The lowest BCUT2D eigenvalue weighted by Gasteiger charge is -2.35. The van der Waals surface area contributed by atoms with Crippen LogP contribution in [0.25, 0.3) is 0 Å². The molecule has 6 heteroatoms. The molecule has 0 unspecified atom stereocenters. The third kappa shape index (κ3) is 6.56. The van der Waals surface area contributed by atoms with Crippen LogP contribution in [-0.4, -0.2) is 38.2 Å². The van der Waals surface area contributed by atoms with Gasteiger partial charge in [0, 0.05) is 32.2 Å². The van der Waals surface area contributed by atoms with Crippen LogP contribution in [-0.2, 0) is 6.61 Å². The summed E-state index contributed by atoms with van der Waals surface area (Å²) in [5.41, 5.74) is 2.47. The standard InChI is InChI=1S/C22H30N2O2.2ClH/c1-3-7-20(24-14-12-23-13-15-24)19-10-11-21(22(16-19)25-2)26-17-18-8-5-4-6-9-18;;/h4-6,8-11,16,20,23H,3,7,12-15,17H2,1-2H3;2*1H/t20-;;/m1../s1. The van der Waals surface area contributed by atoms with Gasteiger partial charge in [0.25, 0.3) is 0 Å². The normalized spacial score (nSPS) is 15.1. The van der Waals surface area contributed by atoms with Crippen molar-refractivity contribution in [2.75, 3.05) is 33.3 Å². The summed E-state index contributed by atoms with van der Waals surface area (Å²) >= 11 is 0. The molecule has 1 aliphatic heterocycles. The molecule has 2 aromatic rings. The number of nitrogens with zero attached hydrogens (tertiary/aromatic N) is 1. The highest BCUT2D eigenvalue weighted by Gasteiger charge is 2.22. The first-order valence-electron chi connectivity index (χ1n) is 9.61. The Balaban J connectivity index is 0.00000196. The van der Waals surface area contributed by atoms with Crippen molar-refractivity contribution < 1.29 is 9.47 Å². The molecule has 0 saturated carbocycles. The fraction of sp³-hybridized carbons (Fsp3) is 0.455. The molecule has 2 aromatic carbocycles. The smallest absolute Gasteiger partial charge is 0.161 e. The number of halogens is 2. The Kier molecular flexibility index (Phi) is 11.3. The fourth-order valence-electron chi connectivity index (χ4n) is 3.57. The predicted molar refractivity (Wildman–Crippen MR) is 120 cm³/mol. The summed E-state index contributed by atoms with van der Waals surface area (Å²) in [6, 6.07) is 17.1. The molecule has 1 heterocycles. The minimum absolute atomic E-state index is 0. The first-order chi connectivity index (χ1) is 12.8. The first-order valence-corrected chi connectivity index (χ1v) is 9.61. The molecule has 1 atom stereocenters. The maximum absolute atomic E-state index is 6.01. The van der Waals surface area contributed by atoms with E-state index in [9.17, 15) is 0 Å². The maximum atomic E-state index is 6.01. The molecule has 156 valence electrons. The van der Waals surface area contributed by atoms with Crippen LogP contribution in [0.5, 0.6) is 11.5 Å². The Bertz CT molecular complexity index is 679. The van der Waals surface area contributed by atoms with Crippen LogP contribution in [0.1, 0.15) is 36.9 Å². The average molecular weight is 427 g/mol. The zero-order valence-corrected chi connectivity index (χ0v) is 18.4. The Morgan fingerprint density at radius 1 is 1.00 bits per heavy atom. The summed E-state index contributed by atoms with van der Waals surface area (Å²) in [4.78, 5) is 2.58. The van der Waals surface area contributed by atoms with E-state index >= 15 is 0 Å². The van der Waals surface area contributed by atoms with Gasteiger partial charge >= 0.3 is 0 Å². The van der Waals surface area contributed by atoms with Crippen LogP contribution in [0.4, 0.5) is 0 Å². The van der Waals surface area contributed by atoms with E-state index in [2.05, 4.69) is 47.5 Å². The summed E-state index contributed by atoms with van der Waals surface area (Å²) < 4.78 is 11.6. The van der Waals surface area contributed by atoms with Gasteiger partial charge in [-0.2, -0.15) is 0 Å². The van der Waals surface area contributed by atoms with Crippen LogP contribution in [0, 0.1) is 0 Å². The summed E-state index contributed by atoms with van der Waals surface area (Å²) in [6.07, 6.45) is 2.33. The highest BCUT2D eigenvalue weighted by atomic mass is 35.5. The van der Waals surface area contributed by atoms with Crippen molar-refractivity contribution in [2.24, 2.45) is 0 Å². The quantitative estimate of drug-likeness (QED) is 0.652. The van der Waals surface area contributed by atoms with Crippen molar-refractivity contribution in [3.05, 3.63) is 59.7 Å². The van der Waals surface area contributed by atoms with Gasteiger partial charge in [0.15, 0.2) is 11.5 Å². The van der Waals surface area contributed by atoms with E-state index < -0.39 is 0 Å². The van der Waals surface area contributed by atoms with Gasteiger partial charge in [-0.3, -0.25) is 4.90 Å². The second-order valence-electron chi connectivity index (χ2n) is 6.78. The van der Waals surface area contributed by atoms with Gasteiger partial charge in [0.05, 0.1) is 7.11 Å². The summed E-state index contributed by atoms with van der Waals surface area (Å²) in [5, 5.41) is 3.44. The Morgan fingerprint density at radius 2 is 1.71 bits per heavy atom.